The smallest absolute Gasteiger partial charge is 0.0361 e. The molecular weight excluding hydrogens is 194 g/mol. The molecule has 0 saturated heterocycles. The van der Waals surface area contributed by atoms with Crippen LogP contribution in [-0.2, 0) is 0 Å². The fourth-order valence-electron chi connectivity index (χ4n) is 1.63. The van der Waals surface area contributed by atoms with Crippen LogP contribution in [0.1, 0.15) is 43.9 Å². The second-order valence-corrected chi connectivity index (χ2v) is 4.41. The normalized spacial score (nSPS) is 13.0. The third-order valence-corrected chi connectivity index (χ3v) is 2.96. The van der Waals surface area contributed by atoms with E-state index in [9.17, 15) is 0 Å². The maximum Gasteiger partial charge on any atom is 0.0361 e. The molecule has 0 heterocycles. The van der Waals surface area contributed by atoms with Crippen molar-refractivity contribution in [2.75, 3.05) is 0 Å². The van der Waals surface area contributed by atoms with Gasteiger partial charge in [-0.25, -0.2) is 0 Å². The lowest BCUT2D eigenvalue weighted by Gasteiger charge is -2.08. The number of rotatable bonds is 4. The zero-order chi connectivity index (χ0) is 12.1. The first-order valence-corrected chi connectivity index (χ1v) is 5.89. The van der Waals surface area contributed by atoms with Crippen LogP contribution in [0.3, 0.4) is 0 Å². The molecule has 0 bridgehead atoms. The topological polar surface area (TPSA) is 23.9 Å². The molecule has 1 heteroatoms. The predicted molar refractivity (Wildman–Crippen MR) is 72.2 cm³/mol. The number of nitrogens with one attached hydrogen (secondary N) is 1. The average Bonchev–Trinajstić information content (AvgIpc) is 2.26. The summed E-state index contributed by atoms with van der Waals surface area (Å²) in [6, 6.07) is 6.14. The van der Waals surface area contributed by atoms with Crippen molar-refractivity contribution in [1.82, 2.24) is 0 Å². The molecule has 0 aliphatic rings. The van der Waals surface area contributed by atoms with Gasteiger partial charge in [-0.2, -0.15) is 0 Å². The Morgan fingerprint density at radius 3 is 2.69 bits per heavy atom. The van der Waals surface area contributed by atoms with Gasteiger partial charge in [-0.05, 0) is 30.9 Å². The molecule has 86 valence electrons. The van der Waals surface area contributed by atoms with Crippen molar-refractivity contribution in [2.24, 2.45) is 5.92 Å². The lowest BCUT2D eigenvalue weighted by atomic mass is 9.97. The molecule has 0 aliphatic heterocycles. The van der Waals surface area contributed by atoms with Gasteiger partial charge in [0.1, 0.15) is 0 Å². The van der Waals surface area contributed by atoms with Crippen molar-refractivity contribution in [1.29, 1.82) is 5.41 Å². The fourth-order valence-corrected chi connectivity index (χ4v) is 1.63. The van der Waals surface area contributed by atoms with Crippen molar-refractivity contribution in [2.45, 2.75) is 34.1 Å². The summed E-state index contributed by atoms with van der Waals surface area (Å²) in [6.07, 6.45) is 5.55. The molecule has 0 amide bonds. The summed E-state index contributed by atoms with van der Waals surface area (Å²) in [5, 5.41) is 7.77. The molecule has 0 spiro atoms. The van der Waals surface area contributed by atoms with Gasteiger partial charge in [-0.3, -0.25) is 0 Å². The highest BCUT2D eigenvalue weighted by Crippen LogP contribution is 2.18. The van der Waals surface area contributed by atoms with E-state index in [0.717, 1.165) is 12.0 Å². The molecule has 16 heavy (non-hydrogen) atoms. The number of benzene rings is 1. The molecule has 1 rings (SSSR count). The Hall–Kier alpha value is -1.37. The summed E-state index contributed by atoms with van der Waals surface area (Å²) in [6.45, 7) is 8.35. The van der Waals surface area contributed by atoms with E-state index in [2.05, 4.69) is 39.0 Å². The van der Waals surface area contributed by atoms with Gasteiger partial charge >= 0.3 is 0 Å². The standard InChI is InChI=1S/C15H21N/c1-5-11(2)9-10-14-12(3)7-6-8-15(14)13(4)16/h6-11,16H,5H2,1-4H3/b10-9-,16-13?. The van der Waals surface area contributed by atoms with E-state index in [4.69, 9.17) is 5.41 Å². The second-order valence-electron chi connectivity index (χ2n) is 4.41. The van der Waals surface area contributed by atoms with Crippen molar-refractivity contribution < 1.29 is 0 Å². The maximum atomic E-state index is 7.77. The maximum absolute atomic E-state index is 7.77. The molecule has 0 saturated carbocycles. The third kappa shape index (κ3) is 3.06. The van der Waals surface area contributed by atoms with E-state index in [1.54, 1.807) is 0 Å². The van der Waals surface area contributed by atoms with Crippen LogP contribution in [0, 0.1) is 18.3 Å². The Bertz CT molecular complexity index is 402. The molecule has 0 radical (unpaired) electrons. The zero-order valence-electron chi connectivity index (χ0n) is 10.7. The SMILES string of the molecule is CCC(C)/C=C\c1c(C)cccc1C(C)=N. The molecule has 1 unspecified atom stereocenters. The van der Waals surface area contributed by atoms with Crippen LogP contribution < -0.4 is 0 Å². The molecule has 1 aromatic rings. The van der Waals surface area contributed by atoms with E-state index in [0.29, 0.717) is 11.6 Å². The van der Waals surface area contributed by atoms with Crippen molar-refractivity contribution >= 4 is 11.8 Å². The lowest BCUT2D eigenvalue weighted by molar-refractivity contribution is 0.701. The molecule has 0 aliphatic carbocycles. The van der Waals surface area contributed by atoms with Crippen molar-refractivity contribution in [3.05, 3.63) is 41.0 Å². The van der Waals surface area contributed by atoms with E-state index in [1.165, 1.54) is 11.1 Å². The first-order valence-electron chi connectivity index (χ1n) is 5.89. The van der Waals surface area contributed by atoms with Gasteiger partial charge in [-0.15, -0.1) is 0 Å². The van der Waals surface area contributed by atoms with Crippen molar-refractivity contribution in [3.63, 3.8) is 0 Å². The Morgan fingerprint density at radius 1 is 1.44 bits per heavy atom. The summed E-state index contributed by atoms with van der Waals surface area (Å²) in [4.78, 5) is 0. The Morgan fingerprint density at radius 2 is 2.12 bits per heavy atom. The molecule has 0 aromatic heterocycles. The Balaban J connectivity index is 3.11. The van der Waals surface area contributed by atoms with Crippen LogP contribution in [0.15, 0.2) is 24.3 Å². The van der Waals surface area contributed by atoms with E-state index in [-0.39, 0.29) is 0 Å². The van der Waals surface area contributed by atoms with Crippen molar-refractivity contribution in [3.8, 4) is 0 Å². The minimum atomic E-state index is 0.596. The van der Waals surface area contributed by atoms with Gasteiger partial charge in [0, 0.05) is 11.3 Å². The molecule has 0 fully saturated rings. The number of aryl methyl sites for hydroxylation is 1. The zero-order valence-corrected chi connectivity index (χ0v) is 10.7. The monoisotopic (exact) mass is 215 g/mol. The van der Waals surface area contributed by atoms with Crippen LogP contribution >= 0.6 is 0 Å². The van der Waals surface area contributed by atoms with Gasteiger partial charge in [-0.1, -0.05) is 50.6 Å². The van der Waals surface area contributed by atoms with Crippen LogP contribution in [0.4, 0.5) is 0 Å². The van der Waals surface area contributed by atoms with Crippen LogP contribution in [0.2, 0.25) is 0 Å². The van der Waals surface area contributed by atoms with Crippen LogP contribution in [0.5, 0.6) is 0 Å². The van der Waals surface area contributed by atoms with Gasteiger partial charge in [0.15, 0.2) is 0 Å². The van der Waals surface area contributed by atoms with E-state index >= 15 is 0 Å². The fraction of sp³-hybridized carbons (Fsp3) is 0.400. The Labute approximate surface area is 98.7 Å². The van der Waals surface area contributed by atoms with Gasteiger partial charge in [0.05, 0.1) is 0 Å². The minimum absolute atomic E-state index is 0.596. The predicted octanol–water partition coefficient (Wildman–Crippen LogP) is 4.44. The lowest BCUT2D eigenvalue weighted by Crippen LogP contribution is -1.98. The molecular formula is C15H21N. The van der Waals surface area contributed by atoms with E-state index in [1.807, 2.05) is 19.1 Å². The van der Waals surface area contributed by atoms with Crippen LogP contribution in [0.25, 0.3) is 6.08 Å². The highest BCUT2D eigenvalue weighted by Gasteiger charge is 2.04. The quantitative estimate of drug-likeness (QED) is 0.718. The summed E-state index contributed by atoms with van der Waals surface area (Å²) >= 11 is 0. The minimum Gasteiger partial charge on any atom is -0.305 e. The molecule has 1 aromatic carbocycles. The van der Waals surface area contributed by atoms with Gasteiger partial charge < -0.3 is 5.41 Å². The largest absolute Gasteiger partial charge is 0.305 e. The van der Waals surface area contributed by atoms with E-state index < -0.39 is 0 Å². The van der Waals surface area contributed by atoms with Gasteiger partial charge in [0.2, 0.25) is 0 Å². The first kappa shape index (κ1) is 12.7. The molecule has 1 atom stereocenters. The first-order chi connectivity index (χ1) is 7.56. The highest BCUT2D eigenvalue weighted by molar-refractivity contribution is 6.00. The number of allylic oxidation sites excluding steroid dienone is 1. The molecule has 1 N–H and O–H groups in total. The second kappa shape index (κ2) is 5.64. The summed E-state index contributed by atoms with van der Waals surface area (Å²) < 4.78 is 0. The summed E-state index contributed by atoms with van der Waals surface area (Å²) in [5.74, 6) is 0.596. The number of hydrogen-bond donors (Lipinski definition) is 1. The summed E-state index contributed by atoms with van der Waals surface area (Å²) in [7, 11) is 0. The Kier molecular flexibility index (Phi) is 4.48. The van der Waals surface area contributed by atoms with Gasteiger partial charge in [0.25, 0.3) is 0 Å². The average molecular weight is 215 g/mol. The summed E-state index contributed by atoms with van der Waals surface area (Å²) in [5.41, 5.74) is 4.10. The molecule has 1 nitrogen and oxygen atoms in total. The highest BCUT2D eigenvalue weighted by atomic mass is 14.4. The third-order valence-electron chi connectivity index (χ3n) is 2.96. The number of hydrogen-bond acceptors (Lipinski definition) is 1. The van der Waals surface area contributed by atoms with Crippen LogP contribution in [-0.4, -0.2) is 5.71 Å².